The van der Waals surface area contributed by atoms with Crippen molar-refractivity contribution >= 4 is 17.3 Å². The highest BCUT2D eigenvalue weighted by molar-refractivity contribution is 6.06. The van der Waals surface area contributed by atoms with Crippen LogP contribution in [0.5, 0.6) is 0 Å². The molecule has 5 nitrogen and oxygen atoms in total. The van der Waals surface area contributed by atoms with Gasteiger partial charge in [-0.25, -0.2) is 0 Å². The van der Waals surface area contributed by atoms with Crippen molar-refractivity contribution in [1.29, 1.82) is 0 Å². The number of hydrogen-bond donors (Lipinski definition) is 3. The maximum absolute atomic E-state index is 12.1. The minimum atomic E-state index is -0.292. The molecule has 2 aromatic rings. The first kappa shape index (κ1) is 13.1. The van der Waals surface area contributed by atoms with E-state index in [0.717, 1.165) is 29.8 Å². The lowest BCUT2D eigenvalue weighted by Gasteiger charge is -2.04. The van der Waals surface area contributed by atoms with Crippen LogP contribution in [0.1, 0.15) is 35.1 Å². The first-order valence-electron chi connectivity index (χ1n) is 6.32. The number of nitrogen functional groups attached to an aromatic ring is 1. The van der Waals surface area contributed by atoms with E-state index >= 15 is 0 Å². The van der Waals surface area contributed by atoms with E-state index in [9.17, 15) is 4.79 Å². The number of nitrogens with two attached hydrogens (primary N) is 1. The highest BCUT2D eigenvalue weighted by Crippen LogP contribution is 2.17. The number of aryl methyl sites for hydroxylation is 2. The average molecular weight is 258 g/mol. The number of H-pyrrole nitrogens is 1. The van der Waals surface area contributed by atoms with Crippen LogP contribution in [-0.2, 0) is 6.42 Å². The summed E-state index contributed by atoms with van der Waals surface area (Å²) in [5.74, 6) is -0.292. The van der Waals surface area contributed by atoms with Crippen molar-refractivity contribution in [1.82, 2.24) is 10.2 Å². The number of aromatic nitrogens is 2. The molecule has 0 unspecified atom stereocenters. The lowest BCUT2D eigenvalue weighted by Crippen LogP contribution is -2.14. The number of hydrogen-bond acceptors (Lipinski definition) is 3. The fourth-order valence-electron chi connectivity index (χ4n) is 1.83. The first-order chi connectivity index (χ1) is 9.11. The van der Waals surface area contributed by atoms with Crippen molar-refractivity contribution in [3.05, 3.63) is 41.2 Å². The second kappa shape index (κ2) is 5.56. The molecule has 0 atom stereocenters. The van der Waals surface area contributed by atoms with Crippen LogP contribution in [0.2, 0.25) is 0 Å². The van der Waals surface area contributed by atoms with Gasteiger partial charge in [0.1, 0.15) is 0 Å². The zero-order valence-electron chi connectivity index (χ0n) is 11.2. The van der Waals surface area contributed by atoms with Gasteiger partial charge in [-0.1, -0.05) is 31.0 Å². The second-order valence-electron chi connectivity index (χ2n) is 4.53. The van der Waals surface area contributed by atoms with Gasteiger partial charge in [-0.2, -0.15) is 5.10 Å². The van der Waals surface area contributed by atoms with Crippen LogP contribution in [0.15, 0.2) is 24.3 Å². The molecule has 2 rings (SSSR count). The molecule has 0 radical (unpaired) electrons. The zero-order valence-corrected chi connectivity index (χ0v) is 11.2. The average Bonchev–Trinajstić information content (AvgIpc) is 2.75. The van der Waals surface area contributed by atoms with E-state index in [1.165, 1.54) is 0 Å². The molecule has 1 aromatic heterocycles. The number of nitrogens with one attached hydrogen (secondary N) is 2. The summed E-state index contributed by atoms with van der Waals surface area (Å²) in [6.07, 6.45) is 1.74. The largest absolute Gasteiger partial charge is 0.395 e. The molecule has 4 N–H and O–H groups in total. The Labute approximate surface area is 112 Å². The van der Waals surface area contributed by atoms with Crippen molar-refractivity contribution in [3.63, 3.8) is 0 Å². The van der Waals surface area contributed by atoms with Crippen LogP contribution >= 0.6 is 0 Å². The van der Waals surface area contributed by atoms with E-state index < -0.39 is 0 Å². The molecule has 0 saturated heterocycles. The smallest absolute Gasteiger partial charge is 0.278 e. The molecule has 0 aliphatic carbocycles. The Morgan fingerprint density at radius 1 is 1.37 bits per heavy atom. The van der Waals surface area contributed by atoms with Crippen LogP contribution in [0, 0.1) is 6.92 Å². The third-order valence-electron chi connectivity index (χ3n) is 2.91. The summed E-state index contributed by atoms with van der Waals surface area (Å²) in [7, 11) is 0. The molecule has 0 spiro atoms. The summed E-state index contributed by atoms with van der Waals surface area (Å²) in [6.45, 7) is 4.04. The van der Waals surface area contributed by atoms with Crippen LogP contribution in [0.25, 0.3) is 0 Å². The Kier molecular flexibility index (Phi) is 3.85. The highest BCUT2D eigenvalue weighted by atomic mass is 16.2. The highest BCUT2D eigenvalue weighted by Gasteiger charge is 2.16. The molecule has 5 heteroatoms. The van der Waals surface area contributed by atoms with E-state index in [4.69, 9.17) is 5.73 Å². The Morgan fingerprint density at radius 2 is 2.05 bits per heavy atom. The van der Waals surface area contributed by atoms with Crippen LogP contribution in [0.4, 0.5) is 11.4 Å². The Balaban J connectivity index is 2.13. The van der Waals surface area contributed by atoms with Crippen molar-refractivity contribution < 1.29 is 4.79 Å². The number of nitrogens with zero attached hydrogens (tertiary/aromatic N) is 1. The Morgan fingerprint density at radius 3 is 2.68 bits per heavy atom. The van der Waals surface area contributed by atoms with Gasteiger partial charge in [-0.05, 0) is 25.5 Å². The quantitative estimate of drug-likeness (QED) is 0.787. The molecule has 100 valence electrons. The third kappa shape index (κ3) is 2.93. The van der Waals surface area contributed by atoms with Crippen LogP contribution < -0.4 is 11.1 Å². The predicted octanol–water partition coefficient (Wildman–Crippen LogP) is 2.51. The summed E-state index contributed by atoms with van der Waals surface area (Å²) in [5.41, 5.74) is 9.29. The Bertz CT molecular complexity index is 572. The van der Waals surface area contributed by atoms with Gasteiger partial charge >= 0.3 is 0 Å². The number of aromatic amines is 1. The molecular weight excluding hydrogens is 240 g/mol. The molecule has 0 aliphatic rings. The topological polar surface area (TPSA) is 83.8 Å². The van der Waals surface area contributed by atoms with E-state index in [1.807, 2.05) is 38.1 Å². The molecule has 0 fully saturated rings. The summed E-state index contributed by atoms with van der Waals surface area (Å²) in [6, 6.07) is 7.57. The van der Waals surface area contributed by atoms with Crippen molar-refractivity contribution in [3.8, 4) is 0 Å². The number of anilines is 2. The minimum Gasteiger partial charge on any atom is -0.395 e. The summed E-state index contributed by atoms with van der Waals surface area (Å²) in [5, 5.41) is 9.58. The molecule has 1 heterocycles. The summed E-state index contributed by atoms with van der Waals surface area (Å²) < 4.78 is 0. The van der Waals surface area contributed by atoms with Gasteiger partial charge in [0, 0.05) is 5.69 Å². The summed E-state index contributed by atoms with van der Waals surface area (Å²) in [4.78, 5) is 12.1. The molecule has 19 heavy (non-hydrogen) atoms. The van der Waals surface area contributed by atoms with Gasteiger partial charge < -0.3 is 11.1 Å². The molecule has 1 aromatic carbocycles. The van der Waals surface area contributed by atoms with Gasteiger partial charge in [0.15, 0.2) is 5.69 Å². The maximum Gasteiger partial charge on any atom is 0.278 e. The molecule has 1 amide bonds. The van der Waals surface area contributed by atoms with Gasteiger partial charge in [0.2, 0.25) is 0 Å². The maximum atomic E-state index is 12.1. The fraction of sp³-hybridized carbons (Fsp3) is 0.286. The lowest BCUT2D eigenvalue weighted by atomic mass is 10.2. The zero-order chi connectivity index (χ0) is 13.8. The minimum absolute atomic E-state index is 0.254. The SMILES string of the molecule is CCCc1[nH]nc(C(=O)Nc2ccc(C)cc2)c1N. The lowest BCUT2D eigenvalue weighted by molar-refractivity contribution is 0.102. The number of rotatable bonds is 4. The van der Waals surface area contributed by atoms with E-state index in [1.54, 1.807) is 0 Å². The van der Waals surface area contributed by atoms with Gasteiger partial charge in [-0.3, -0.25) is 9.89 Å². The number of benzene rings is 1. The van der Waals surface area contributed by atoms with Crippen LogP contribution in [0.3, 0.4) is 0 Å². The van der Waals surface area contributed by atoms with Crippen molar-refractivity contribution in [2.45, 2.75) is 26.7 Å². The van der Waals surface area contributed by atoms with Gasteiger partial charge in [-0.15, -0.1) is 0 Å². The third-order valence-corrected chi connectivity index (χ3v) is 2.91. The van der Waals surface area contributed by atoms with E-state index in [0.29, 0.717) is 5.69 Å². The molecule has 0 bridgehead atoms. The fourth-order valence-corrected chi connectivity index (χ4v) is 1.83. The standard InChI is InChI=1S/C14H18N4O/c1-3-4-11-12(15)13(18-17-11)14(19)16-10-7-5-9(2)6-8-10/h5-8H,3-4,15H2,1-2H3,(H,16,19)(H,17,18). The molecule has 0 saturated carbocycles. The number of carbonyl (C=O) groups is 1. The predicted molar refractivity (Wildman–Crippen MR) is 76.1 cm³/mol. The van der Waals surface area contributed by atoms with Gasteiger partial charge in [0.25, 0.3) is 5.91 Å². The van der Waals surface area contributed by atoms with E-state index in [-0.39, 0.29) is 11.6 Å². The van der Waals surface area contributed by atoms with Crippen molar-refractivity contribution in [2.24, 2.45) is 0 Å². The normalized spacial score (nSPS) is 10.4. The van der Waals surface area contributed by atoms with Crippen LogP contribution in [-0.4, -0.2) is 16.1 Å². The Hall–Kier alpha value is -2.30. The monoisotopic (exact) mass is 258 g/mol. The van der Waals surface area contributed by atoms with E-state index in [2.05, 4.69) is 15.5 Å². The number of carbonyl (C=O) groups excluding carboxylic acids is 1. The summed E-state index contributed by atoms with van der Waals surface area (Å²) >= 11 is 0. The van der Waals surface area contributed by atoms with Gasteiger partial charge in [0.05, 0.1) is 11.4 Å². The first-order valence-corrected chi connectivity index (χ1v) is 6.32. The molecular formula is C14H18N4O. The number of amides is 1. The second-order valence-corrected chi connectivity index (χ2v) is 4.53. The molecule has 0 aliphatic heterocycles. The van der Waals surface area contributed by atoms with Crippen molar-refractivity contribution in [2.75, 3.05) is 11.1 Å².